The van der Waals surface area contributed by atoms with Crippen molar-refractivity contribution in [2.75, 3.05) is 21.0 Å². The zero-order chi connectivity index (χ0) is 22.0. The molecule has 0 spiro atoms. The van der Waals surface area contributed by atoms with Gasteiger partial charge in [-0.25, -0.2) is 9.59 Å². The van der Waals surface area contributed by atoms with E-state index in [1.54, 1.807) is 29.4 Å². The first-order valence-corrected chi connectivity index (χ1v) is 10.3. The molecule has 0 aliphatic carbocycles. The molecule has 2 aromatic rings. The Morgan fingerprint density at radius 2 is 1.58 bits per heavy atom. The zero-order valence-corrected chi connectivity index (χ0v) is 18.5. The summed E-state index contributed by atoms with van der Waals surface area (Å²) in [6.45, 7) is 0.580. The minimum absolute atomic E-state index is 0.111. The van der Waals surface area contributed by atoms with Gasteiger partial charge in [0.15, 0.2) is 11.5 Å². The maximum atomic E-state index is 12.8. The number of nitrogens with zero attached hydrogens (tertiary/aromatic N) is 1. The Morgan fingerprint density at radius 3 is 2.16 bits per heavy atom. The summed E-state index contributed by atoms with van der Waals surface area (Å²) in [6.07, 6.45) is 3.40. The number of halogens is 1. The van der Waals surface area contributed by atoms with Crippen LogP contribution in [0.25, 0.3) is 0 Å². The topological polar surface area (TPSA) is 74.3 Å². The molecular weight excluding hydrogens is 466 g/mol. The molecule has 4 rings (SSSR count). The highest BCUT2D eigenvalue weighted by Gasteiger charge is 2.37. The second-order valence-corrected chi connectivity index (χ2v) is 7.82. The van der Waals surface area contributed by atoms with Crippen molar-refractivity contribution in [2.45, 2.75) is 12.5 Å². The molecule has 2 aliphatic rings. The monoisotopic (exact) mass is 485 g/mol. The van der Waals surface area contributed by atoms with Crippen LogP contribution in [0.3, 0.4) is 0 Å². The van der Waals surface area contributed by atoms with Gasteiger partial charge in [0.05, 0.1) is 31.3 Å². The lowest BCUT2D eigenvalue weighted by Gasteiger charge is -2.30. The van der Waals surface area contributed by atoms with E-state index in [0.717, 1.165) is 5.56 Å². The first-order valence-electron chi connectivity index (χ1n) is 9.50. The highest BCUT2D eigenvalue weighted by molar-refractivity contribution is 9.10. The van der Waals surface area contributed by atoms with Crippen LogP contribution in [0.15, 0.2) is 70.5 Å². The standard InChI is InChI=1S/C23H20BrNO6/c1-28-22(26)16-11-25(10-14-6-4-3-5-7-14)12-17(23(27)29-2)21(16)15-8-19-20(9-18(15)24)31-13-30-19/h3-9,11-12,21H,10,13H2,1-2H3. The lowest BCUT2D eigenvalue weighted by Crippen LogP contribution is -2.28. The first kappa shape index (κ1) is 21.0. The van der Waals surface area contributed by atoms with E-state index in [0.29, 0.717) is 39.2 Å². The van der Waals surface area contributed by atoms with Gasteiger partial charge in [-0.15, -0.1) is 0 Å². The van der Waals surface area contributed by atoms with Crippen LogP contribution in [0.5, 0.6) is 11.5 Å². The van der Waals surface area contributed by atoms with Gasteiger partial charge in [0.1, 0.15) is 0 Å². The van der Waals surface area contributed by atoms with Gasteiger partial charge in [-0.05, 0) is 23.3 Å². The molecule has 2 aromatic carbocycles. The number of carbonyl (C=O) groups excluding carboxylic acids is 2. The molecule has 31 heavy (non-hydrogen) atoms. The van der Waals surface area contributed by atoms with Crippen LogP contribution in [0.1, 0.15) is 17.0 Å². The normalized spacial score (nSPS) is 15.3. The molecule has 7 nitrogen and oxygen atoms in total. The number of carbonyl (C=O) groups is 2. The summed E-state index contributed by atoms with van der Waals surface area (Å²) in [4.78, 5) is 27.3. The average Bonchev–Trinajstić information content (AvgIpc) is 3.24. The van der Waals surface area contributed by atoms with Gasteiger partial charge in [-0.3, -0.25) is 0 Å². The fourth-order valence-electron chi connectivity index (χ4n) is 3.66. The van der Waals surface area contributed by atoms with E-state index < -0.39 is 17.9 Å². The summed E-state index contributed by atoms with van der Waals surface area (Å²) >= 11 is 3.54. The van der Waals surface area contributed by atoms with Crippen LogP contribution in [0.2, 0.25) is 0 Å². The van der Waals surface area contributed by atoms with Gasteiger partial charge >= 0.3 is 11.9 Å². The third kappa shape index (κ3) is 4.16. The maximum absolute atomic E-state index is 12.8. The summed E-state index contributed by atoms with van der Waals surface area (Å²) in [5.74, 6) is -0.664. The number of rotatable bonds is 5. The number of hydrogen-bond acceptors (Lipinski definition) is 7. The molecule has 0 aromatic heterocycles. The number of methoxy groups -OCH3 is 2. The molecular formula is C23H20BrNO6. The van der Waals surface area contributed by atoms with Crippen LogP contribution >= 0.6 is 15.9 Å². The van der Waals surface area contributed by atoms with Crippen molar-refractivity contribution in [3.8, 4) is 11.5 Å². The first-order chi connectivity index (χ1) is 15.0. The number of ether oxygens (including phenoxy) is 4. The molecule has 0 saturated carbocycles. The molecule has 0 saturated heterocycles. The quantitative estimate of drug-likeness (QED) is 0.594. The van der Waals surface area contributed by atoms with Crippen LogP contribution in [-0.2, 0) is 25.6 Å². The summed E-state index contributed by atoms with van der Waals surface area (Å²) in [5, 5.41) is 0. The van der Waals surface area contributed by atoms with Crippen molar-refractivity contribution >= 4 is 27.9 Å². The van der Waals surface area contributed by atoms with Crippen molar-refractivity contribution in [1.82, 2.24) is 4.90 Å². The van der Waals surface area contributed by atoms with Crippen LogP contribution in [-0.4, -0.2) is 37.9 Å². The Balaban J connectivity index is 1.82. The summed E-state index contributed by atoms with van der Waals surface area (Å²) < 4.78 is 21.7. The van der Waals surface area contributed by atoms with Crippen molar-refractivity contribution in [2.24, 2.45) is 0 Å². The second kappa shape index (κ2) is 8.85. The predicted molar refractivity (Wildman–Crippen MR) is 115 cm³/mol. The van der Waals surface area contributed by atoms with Crippen molar-refractivity contribution in [3.63, 3.8) is 0 Å². The van der Waals surface area contributed by atoms with E-state index in [1.807, 2.05) is 30.3 Å². The highest BCUT2D eigenvalue weighted by atomic mass is 79.9. The zero-order valence-electron chi connectivity index (χ0n) is 17.0. The molecule has 0 unspecified atom stereocenters. The highest BCUT2D eigenvalue weighted by Crippen LogP contribution is 2.45. The minimum atomic E-state index is -0.712. The lowest BCUT2D eigenvalue weighted by molar-refractivity contribution is -0.137. The summed E-state index contributed by atoms with van der Waals surface area (Å²) in [7, 11) is 2.62. The van der Waals surface area contributed by atoms with Gasteiger partial charge < -0.3 is 23.8 Å². The second-order valence-electron chi connectivity index (χ2n) is 6.97. The molecule has 0 atom stereocenters. The Morgan fingerprint density at radius 1 is 1.00 bits per heavy atom. The largest absolute Gasteiger partial charge is 0.466 e. The third-order valence-electron chi connectivity index (χ3n) is 5.08. The van der Waals surface area contributed by atoms with Crippen molar-refractivity contribution in [1.29, 1.82) is 0 Å². The van der Waals surface area contributed by atoms with Gasteiger partial charge in [0.25, 0.3) is 0 Å². The molecule has 0 bridgehead atoms. The van der Waals surface area contributed by atoms with Gasteiger partial charge in [0.2, 0.25) is 6.79 Å². The van der Waals surface area contributed by atoms with Crippen molar-refractivity contribution < 1.29 is 28.5 Å². The van der Waals surface area contributed by atoms with E-state index in [9.17, 15) is 9.59 Å². The molecule has 2 aliphatic heterocycles. The van der Waals surface area contributed by atoms with E-state index in [1.165, 1.54) is 14.2 Å². The molecule has 2 heterocycles. The molecule has 0 radical (unpaired) electrons. The summed E-state index contributed by atoms with van der Waals surface area (Å²) in [5.41, 5.74) is 2.30. The van der Waals surface area contributed by atoms with Gasteiger partial charge in [-0.1, -0.05) is 46.3 Å². The predicted octanol–water partition coefficient (Wildman–Crippen LogP) is 3.89. The molecule has 0 amide bonds. The number of esters is 2. The Labute approximate surface area is 188 Å². The number of fused-ring (bicyclic) bond motifs is 1. The lowest BCUT2D eigenvalue weighted by atomic mass is 9.83. The fourth-order valence-corrected chi connectivity index (χ4v) is 4.21. The molecule has 8 heteroatoms. The Kier molecular flexibility index (Phi) is 5.99. The van der Waals surface area contributed by atoms with E-state index >= 15 is 0 Å². The van der Waals surface area contributed by atoms with E-state index in [-0.39, 0.29) is 6.79 Å². The SMILES string of the molecule is COC(=O)C1=CN(Cc2ccccc2)C=C(C(=O)OC)C1c1cc2c(cc1Br)OCO2. The molecule has 0 fully saturated rings. The number of benzene rings is 2. The minimum Gasteiger partial charge on any atom is -0.466 e. The Hall–Kier alpha value is -3.26. The maximum Gasteiger partial charge on any atom is 0.336 e. The van der Waals surface area contributed by atoms with Crippen molar-refractivity contribution in [3.05, 3.63) is 81.6 Å². The smallest absolute Gasteiger partial charge is 0.336 e. The molecule has 160 valence electrons. The van der Waals surface area contributed by atoms with Crippen LogP contribution in [0, 0.1) is 0 Å². The fraction of sp³-hybridized carbons (Fsp3) is 0.217. The van der Waals surface area contributed by atoms with Gasteiger partial charge in [-0.2, -0.15) is 0 Å². The number of hydrogen-bond donors (Lipinski definition) is 0. The van der Waals surface area contributed by atoms with Gasteiger partial charge in [0, 0.05) is 23.4 Å². The molecule has 0 N–H and O–H groups in total. The van der Waals surface area contributed by atoms with E-state index in [4.69, 9.17) is 18.9 Å². The third-order valence-corrected chi connectivity index (χ3v) is 5.77. The Bertz CT molecular complexity index is 1040. The van der Waals surface area contributed by atoms with Crippen LogP contribution < -0.4 is 9.47 Å². The van der Waals surface area contributed by atoms with Crippen LogP contribution in [0.4, 0.5) is 0 Å². The average molecular weight is 486 g/mol. The van der Waals surface area contributed by atoms with E-state index in [2.05, 4.69) is 15.9 Å². The summed E-state index contributed by atoms with van der Waals surface area (Å²) in [6, 6.07) is 13.3.